The van der Waals surface area contributed by atoms with Crippen molar-refractivity contribution < 1.29 is 39.2 Å². The number of nitrogens with two attached hydrogens (primary N) is 1. The minimum atomic E-state index is -3.09. The van der Waals surface area contributed by atoms with Gasteiger partial charge in [-0.15, -0.1) is 0 Å². The van der Waals surface area contributed by atoms with Crippen molar-refractivity contribution in [3.63, 3.8) is 0 Å². The number of benzene rings is 1. The van der Waals surface area contributed by atoms with Gasteiger partial charge >= 0.3 is 18.7 Å². The van der Waals surface area contributed by atoms with E-state index in [2.05, 4.69) is 0 Å². The number of carbonyl (C=O) groups is 2. The zero-order valence-corrected chi connectivity index (χ0v) is 15.2. The van der Waals surface area contributed by atoms with Crippen LogP contribution in [0.3, 0.4) is 0 Å². The lowest BCUT2D eigenvalue weighted by Gasteiger charge is -2.42. The van der Waals surface area contributed by atoms with Crippen LogP contribution in [0.4, 0.5) is 0 Å². The molecule has 1 aliphatic carbocycles. The molecule has 1 saturated heterocycles. The Hall–Kier alpha value is -2.34. The molecular formula is C17H22BN2O8-. The first kappa shape index (κ1) is 19.0. The van der Waals surface area contributed by atoms with Gasteiger partial charge in [0.1, 0.15) is 23.0 Å². The fourth-order valence-electron chi connectivity index (χ4n) is 4.05. The standard InChI is InChI=1S/C17H22BN2O8/c1-17(19,16(23)24)7-20-5-8(6-20)27-12-3-2-9-10-4-11(10)18(25,26)28-14(9)13(12)15(21)22/h2-3,8,10-11,25-26H,4-7,19H2,1H3,(H,21,22)(H,23,24)/q-1/t10?,11-,17?/m1/s1. The van der Waals surface area contributed by atoms with Gasteiger partial charge in [-0.3, -0.25) is 9.69 Å². The second-order valence-electron chi connectivity index (χ2n) is 8.20. The number of ether oxygens (including phenoxy) is 1. The average molecular weight is 393 g/mol. The zero-order chi connectivity index (χ0) is 20.4. The van der Waals surface area contributed by atoms with E-state index in [0.29, 0.717) is 25.1 Å². The Morgan fingerprint density at radius 2 is 2.04 bits per heavy atom. The lowest BCUT2D eigenvalue weighted by atomic mass is 9.68. The van der Waals surface area contributed by atoms with Crippen molar-refractivity contribution >= 4 is 18.7 Å². The Labute approximate surface area is 160 Å². The van der Waals surface area contributed by atoms with Gasteiger partial charge in [0, 0.05) is 19.6 Å². The topological polar surface area (TPSA) is 163 Å². The summed E-state index contributed by atoms with van der Waals surface area (Å²) < 4.78 is 11.1. The third-order valence-electron chi connectivity index (χ3n) is 5.71. The van der Waals surface area contributed by atoms with Crippen LogP contribution in [0.25, 0.3) is 0 Å². The maximum absolute atomic E-state index is 11.8. The summed E-state index contributed by atoms with van der Waals surface area (Å²) >= 11 is 0. The van der Waals surface area contributed by atoms with Gasteiger partial charge in [0.15, 0.2) is 0 Å². The molecule has 28 heavy (non-hydrogen) atoms. The van der Waals surface area contributed by atoms with Crippen molar-refractivity contribution in [3.05, 3.63) is 23.3 Å². The molecule has 3 atom stereocenters. The summed E-state index contributed by atoms with van der Waals surface area (Å²) in [6.07, 6.45) is 0.203. The number of rotatable bonds is 6. The van der Waals surface area contributed by atoms with Crippen LogP contribution in [0.2, 0.25) is 5.82 Å². The van der Waals surface area contributed by atoms with Gasteiger partial charge < -0.3 is 35.4 Å². The van der Waals surface area contributed by atoms with Crippen molar-refractivity contribution in [2.75, 3.05) is 19.6 Å². The molecular weight excluding hydrogens is 371 g/mol. The van der Waals surface area contributed by atoms with Crippen LogP contribution in [-0.2, 0) is 4.79 Å². The predicted octanol–water partition coefficient (Wildman–Crippen LogP) is -0.577. The van der Waals surface area contributed by atoms with Crippen LogP contribution in [0.15, 0.2) is 12.1 Å². The summed E-state index contributed by atoms with van der Waals surface area (Å²) in [6, 6.07) is 3.26. The fraction of sp³-hybridized carbons (Fsp3) is 0.529. The molecule has 0 radical (unpaired) electrons. The number of hydrogen-bond donors (Lipinski definition) is 5. The summed E-state index contributed by atoms with van der Waals surface area (Å²) in [5.74, 6) is -2.88. The quantitative estimate of drug-likeness (QED) is 0.395. The van der Waals surface area contributed by atoms with E-state index in [1.54, 1.807) is 17.0 Å². The predicted molar refractivity (Wildman–Crippen MR) is 96.4 cm³/mol. The molecule has 0 aromatic heterocycles. The fourth-order valence-corrected chi connectivity index (χ4v) is 4.05. The van der Waals surface area contributed by atoms with Crippen LogP contribution in [0.5, 0.6) is 11.5 Å². The minimum absolute atomic E-state index is 0.0506. The Balaban J connectivity index is 1.50. The Kier molecular flexibility index (Phi) is 4.13. The summed E-state index contributed by atoms with van der Waals surface area (Å²) in [5.41, 5.74) is 4.76. The van der Waals surface area contributed by atoms with Crippen molar-refractivity contribution in [3.8, 4) is 11.5 Å². The van der Waals surface area contributed by atoms with Gasteiger partial charge in [-0.2, -0.15) is 0 Å². The Bertz CT molecular complexity index is 852. The molecule has 3 aliphatic rings. The molecule has 2 aliphatic heterocycles. The first-order valence-electron chi connectivity index (χ1n) is 9.09. The van der Waals surface area contributed by atoms with E-state index in [1.165, 1.54) is 6.92 Å². The molecule has 1 aromatic rings. The molecule has 4 rings (SSSR count). The molecule has 2 heterocycles. The number of carboxylic acid groups (broad SMARTS) is 2. The van der Waals surface area contributed by atoms with Crippen LogP contribution < -0.4 is 15.1 Å². The number of hydrogen-bond acceptors (Lipinski definition) is 8. The maximum Gasteiger partial charge on any atom is 0.434 e. The molecule has 11 heteroatoms. The molecule has 0 bridgehead atoms. The van der Waals surface area contributed by atoms with Crippen LogP contribution >= 0.6 is 0 Å². The summed E-state index contributed by atoms with van der Waals surface area (Å²) in [6.45, 7) is -0.727. The van der Waals surface area contributed by atoms with E-state index in [4.69, 9.17) is 20.2 Å². The average Bonchev–Trinajstić information content (AvgIpc) is 3.33. The highest BCUT2D eigenvalue weighted by Crippen LogP contribution is 2.63. The van der Waals surface area contributed by atoms with Crippen molar-refractivity contribution in [1.29, 1.82) is 0 Å². The van der Waals surface area contributed by atoms with Gasteiger partial charge in [-0.05, 0) is 24.5 Å². The largest absolute Gasteiger partial charge is 0.669 e. The third-order valence-corrected chi connectivity index (χ3v) is 5.71. The highest BCUT2D eigenvalue weighted by atomic mass is 16.6. The smallest absolute Gasteiger partial charge is 0.434 e. The number of nitrogens with zero attached hydrogens (tertiary/aromatic N) is 1. The van der Waals surface area contributed by atoms with Crippen LogP contribution in [-0.4, -0.2) is 75.1 Å². The maximum atomic E-state index is 11.8. The number of aliphatic carboxylic acids is 1. The van der Waals surface area contributed by atoms with Crippen molar-refractivity contribution in [2.24, 2.45) is 5.73 Å². The first-order chi connectivity index (χ1) is 13.0. The Morgan fingerprint density at radius 3 is 2.64 bits per heavy atom. The molecule has 0 amide bonds. The lowest BCUT2D eigenvalue weighted by Crippen LogP contribution is -2.62. The summed E-state index contributed by atoms with van der Waals surface area (Å²) in [4.78, 5) is 24.7. The highest BCUT2D eigenvalue weighted by Gasteiger charge is 2.55. The van der Waals surface area contributed by atoms with Gasteiger partial charge in [-0.1, -0.05) is 18.3 Å². The molecule has 152 valence electrons. The molecule has 0 spiro atoms. The molecule has 10 nitrogen and oxygen atoms in total. The van der Waals surface area contributed by atoms with E-state index < -0.39 is 30.0 Å². The zero-order valence-electron chi connectivity index (χ0n) is 15.2. The number of aromatic carboxylic acids is 1. The second-order valence-corrected chi connectivity index (χ2v) is 8.20. The SMILES string of the molecule is CC(N)(CN1CC(Oc2ccc3c(c2C(=O)O)O[B-](O)(O)[C@@H]2CC32)C1)C(=O)O. The van der Waals surface area contributed by atoms with Crippen molar-refractivity contribution in [2.45, 2.75) is 36.7 Å². The molecule has 2 unspecified atom stereocenters. The summed E-state index contributed by atoms with van der Waals surface area (Å²) in [7, 11) is 0. The Morgan fingerprint density at radius 1 is 1.36 bits per heavy atom. The van der Waals surface area contributed by atoms with Crippen molar-refractivity contribution in [1.82, 2.24) is 4.90 Å². The second kappa shape index (κ2) is 6.08. The van der Waals surface area contributed by atoms with E-state index in [1.807, 2.05) is 0 Å². The molecule has 2 fully saturated rings. The number of carboxylic acids is 2. The minimum Gasteiger partial charge on any atom is -0.669 e. The van der Waals surface area contributed by atoms with Crippen LogP contribution in [0.1, 0.15) is 35.2 Å². The molecule has 6 N–H and O–H groups in total. The number of fused-ring (bicyclic) bond motifs is 3. The number of likely N-dealkylation sites (tertiary alicyclic amines) is 1. The van der Waals surface area contributed by atoms with Gasteiger partial charge in [0.05, 0.1) is 5.75 Å². The van der Waals surface area contributed by atoms with Gasteiger partial charge in [-0.25, -0.2) is 4.79 Å². The third kappa shape index (κ3) is 3.10. The molecule has 1 aromatic carbocycles. The highest BCUT2D eigenvalue weighted by molar-refractivity contribution is 6.62. The normalized spacial score (nSPS) is 27.4. The monoisotopic (exact) mass is 393 g/mol. The van der Waals surface area contributed by atoms with E-state index in [9.17, 15) is 24.7 Å². The lowest BCUT2D eigenvalue weighted by molar-refractivity contribution is -0.144. The summed E-state index contributed by atoms with van der Waals surface area (Å²) in [5, 5.41) is 38.8. The first-order valence-corrected chi connectivity index (χ1v) is 9.09. The van der Waals surface area contributed by atoms with Gasteiger partial charge in [0.2, 0.25) is 0 Å². The van der Waals surface area contributed by atoms with E-state index in [0.717, 1.165) is 0 Å². The van der Waals surface area contributed by atoms with E-state index >= 15 is 0 Å². The van der Waals surface area contributed by atoms with E-state index in [-0.39, 0.29) is 35.6 Å². The molecule has 1 saturated carbocycles. The van der Waals surface area contributed by atoms with Crippen LogP contribution in [0, 0.1) is 0 Å². The van der Waals surface area contributed by atoms with Gasteiger partial charge in [0.25, 0.3) is 0 Å².